The number of aromatic nitrogens is 3. The summed E-state index contributed by atoms with van der Waals surface area (Å²) in [5.74, 6) is 0.988. The van der Waals surface area contributed by atoms with Crippen LogP contribution in [0.4, 0.5) is 0 Å². The fourth-order valence-corrected chi connectivity index (χ4v) is 2.76. The van der Waals surface area contributed by atoms with Crippen molar-refractivity contribution >= 4 is 11.2 Å². The molecule has 0 aliphatic carbocycles. The average molecular weight is 299 g/mol. The maximum Gasteiger partial charge on any atom is 0.157 e. The van der Waals surface area contributed by atoms with Gasteiger partial charge in [0.05, 0.1) is 0 Å². The fourth-order valence-electron chi connectivity index (χ4n) is 2.76. The molecule has 4 aromatic rings. The highest BCUT2D eigenvalue weighted by atomic mass is 15.0. The smallest absolute Gasteiger partial charge is 0.157 e. The van der Waals surface area contributed by atoms with Crippen molar-refractivity contribution in [2.75, 3.05) is 0 Å². The van der Waals surface area contributed by atoms with Crippen LogP contribution in [0.3, 0.4) is 0 Å². The lowest BCUT2D eigenvalue weighted by atomic mass is 10.1. The Balaban J connectivity index is 1.58. The normalized spacial score (nSPS) is 11.0. The maximum atomic E-state index is 4.70. The van der Waals surface area contributed by atoms with Gasteiger partial charge in [0, 0.05) is 18.2 Å². The highest BCUT2D eigenvalue weighted by molar-refractivity contribution is 5.78. The van der Waals surface area contributed by atoms with Crippen molar-refractivity contribution in [3.05, 3.63) is 84.3 Å². The first-order valence-corrected chi connectivity index (χ1v) is 7.82. The van der Waals surface area contributed by atoms with Crippen LogP contribution in [0.1, 0.15) is 11.4 Å². The monoisotopic (exact) mass is 299 g/mol. The third-order valence-corrected chi connectivity index (χ3v) is 3.99. The molecule has 2 heterocycles. The molecule has 0 amide bonds. The van der Waals surface area contributed by atoms with Gasteiger partial charge in [-0.25, -0.2) is 9.97 Å². The zero-order valence-corrected chi connectivity index (χ0v) is 12.7. The summed E-state index contributed by atoms with van der Waals surface area (Å²) >= 11 is 0. The molecule has 2 aromatic carbocycles. The number of hydrogen-bond donors (Lipinski definition) is 1. The second kappa shape index (κ2) is 6.05. The van der Waals surface area contributed by atoms with E-state index in [1.807, 2.05) is 30.5 Å². The summed E-state index contributed by atoms with van der Waals surface area (Å²) in [5.41, 5.74) is 5.36. The number of pyridine rings is 1. The van der Waals surface area contributed by atoms with E-state index in [1.165, 1.54) is 5.56 Å². The number of nitrogens with zero attached hydrogens (tertiary/aromatic N) is 2. The van der Waals surface area contributed by atoms with Gasteiger partial charge < -0.3 is 4.98 Å². The van der Waals surface area contributed by atoms with Crippen molar-refractivity contribution in [3.8, 4) is 11.1 Å². The van der Waals surface area contributed by atoms with E-state index in [-0.39, 0.29) is 0 Å². The third kappa shape index (κ3) is 2.99. The molecule has 3 nitrogen and oxygen atoms in total. The molecule has 0 aliphatic rings. The Morgan fingerprint density at radius 1 is 0.783 bits per heavy atom. The first-order chi connectivity index (χ1) is 11.4. The molecule has 0 saturated carbocycles. The van der Waals surface area contributed by atoms with Gasteiger partial charge >= 0.3 is 0 Å². The number of fused-ring (bicyclic) bond motifs is 1. The first kappa shape index (κ1) is 13.7. The molecule has 0 fully saturated rings. The van der Waals surface area contributed by atoms with E-state index >= 15 is 0 Å². The predicted octanol–water partition coefficient (Wildman–Crippen LogP) is 4.41. The van der Waals surface area contributed by atoms with E-state index in [4.69, 9.17) is 4.98 Å². The van der Waals surface area contributed by atoms with Crippen molar-refractivity contribution in [2.45, 2.75) is 12.8 Å². The Hall–Kier alpha value is -2.94. The predicted molar refractivity (Wildman–Crippen MR) is 93.2 cm³/mol. The highest BCUT2D eigenvalue weighted by Gasteiger charge is 2.06. The average Bonchev–Trinajstić information content (AvgIpc) is 3.04. The van der Waals surface area contributed by atoms with Crippen molar-refractivity contribution in [1.82, 2.24) is 15.0 Å². The van der Waals surface area contributed by atoms with Crippen LogP contribution >= 0.6 is 0 Å². The number of benzene rings is 2. The number of nitrogens with one attached hydrogen (secondary N) is 1. The van der Waals surface area contributed by atoms with Crippen LogP contribution in [0, 0.1) is 0 Å². The highest BCUT2D eigenvalue weighted by Crippen LogP contribution is 2.21. The second-order valence-corrected chi connectivity index (χ2v) is 5.63. The van der Waals surface area contributed by atoms with Crippen molar-refractivity contribution in [3.63, 3.8) is 0 Å². The Labute approximate surface area is 135 Å². The van der Waals surface area contributed by atoms with Gasteiger partial charge in [-0.2, -0.15) is 0 Å². The molecule has 4 rings (SSSR count). The minimum Gasteiger partial charge on any atom is -0.327 e. The Morgan fingerprint density at radius 2 is 1.52 bits per heavy atom. The van der Waals surface area contributed by atoms with Crippen molar-refractivity contribution in [1.29, 1.82) is 0 Å². The van der Waals surface area contributed by atoms with E-state index in [0.29, 0.717) is 0 Å². The van der Waals surface area contributed by atoms with Crippen LogP contribution in [0.2, 0.25) is 0 Å². The first-order valence-electron chi connectivity index (χ1n) is 7.82. The number of hydrogen-bond acceptors (Lipinski definition) is 2. The van der Waals surface area contributed by atoms with Crippen LogP contribution in [0.15, 0.2) is 72.9 Å². The van der Waals surface area contributed by atoms with Crippen LogP contribution in [-0.4, -0.2) is 15.0 Å². The second-order valence-electron chi connectivity index (χ2n) is 5.63. The molecular weight excluding hydrogens is 282 g/mol. The van der Waals surface area contributed by atoms with E-state index < -0.39 is 0 Å². The number of rotatable bonds is 4. The topological polar surface area (TPSA) is 41.6 Å². The van der Waals surface area contributed by atoms with Gasteiger partial charge in [0.25, 0.3) is 0 Å². The maximum absolute atomic E-state index is 4.70. The number of aryl methyl sites for hydroxylation is 2. The number of aromatic amines is 1. The minimum absolute atomic E-state index is 0.854. The van der Waals surface area contributed by atoms with Gasteiger partial charge in [0.2, 0.25) is 0 Å². The summed E-state index contributed by atoms with van der Waals surface area (Å²) in [6, 6.07) is 22.8. The number of H-pyrrole nitrogens is 1. The number of imidazole rings is 1. The molecule has 0 spiro atoms. The molecule has 1 N–H and O–H groups in total. The van der Waals surface area contributed by atoms with Gasteiger partial charge in [-0.05, 0) is 23.6 Å². The summed E-state index contributed by atoms with van der Waals surface area (Å²) < 4.78 is 0. The molecule has 3 heteroatoms. The molecule has 23 heavy (non-hydrogen) atoms. The summed E-state index contributed by atoms with van der Waals surface area (Å²) in [6.45, 7) is 0. The zero-order valence-electron chi connectivity index (χ0n) is 12.7. The summed E-state index contributed by atoms with van der Waals surface area (Å²) in [7, 11) is 0. The fraction of sp³-hybridized carbons (Fsp3) is 0.100. The Kier molecular flexibility index (Phi) is 3.60. The van der Waals surface area contributed by atoms with Gasteiger partial charge in [-0.1, -0.05) is 60.7 Å². The van der Waals surface area contributed by atoms with Gasteiger partial charge in [-0.3, -0.25) is 0 Å². The van der Waals surface area contributed by atoms with Crippen LogP contribution in [-0.2, 0) is 12.8 Å². The van der Waals surface area contributed by atoms with Gasteiger partial charge in [0.1, 0.15) is 11.3 Å². The quantitative estimate of drug-likeness (QED) is 0.606. The lowest BCUT2D eigenvalue weighted by molar-refractivity contribution is 0.889. The molecule has 0 aliphatic heterocycles. The Morgan fingerprint density at radius 3 is 2.30 bits per heavy atom. The largest absolute Gasteiger partial charge is 0.327 e. The van der Waals surface area contributed by atoms with E-state index in [2.05, 4.69) is 52.4 Å². The molecule has 0 radical (unpaired) electrons. The van der Waals surface area contributed by atoms with Crippen molar-refractivity contribution < 1.29 is 0 Å². The summed E-state index contributed by atoms with van der Waals surface area (Å²) in [5, 5.41) is 0. The van der Waals surface area contributed by atoms with Crippen LogP contribution in [0.25, 0.3) is 22.3 Å². The van der Waals surface area contributed by atoms with E-state index in [0.717, 1.165) is 41.0 Å². The third-order valence-electron chi connectivity index (χ3n) is 3.99. The Bertz CT molecular complexity index is 911. The molecule has 0 saturated heterocycles. The lowest BCUT2D eigenvalue weighted by Gasteiger charge is -1.99. The van der Waals surface area contributed by atoms with Gasteiger partial charge in [-0.15, -0.1) is 0 Å². The van der Waals surface area contributed by atoms with E-state index in [1.54, 1.807) is 0 Å². The van der Waals surface area contributed by atoms with Crippen LogP contribution < -0.4 is 0 Å². The van der Waals surface area contributed by atoms with E-state index in [9.17, 15) is 0 Å². The zero-order chi connectivity index (χ0) is 15.5. The standard InChI is InChI=1S/C20H17N3/c1-3-7-15(8-4-1)11-12-19-22-18-13-17(14-21-20(18)23-19)16-9-5-2-6-10-16/h1-10,13-14H,11-12H2,(H,21,22,23). The van der Waals surface area contributed by atoms with Gasteiger partial charge in [0.15, 0.2) is 5.65 Å². The molecular formula is C20H17N3. The molecule has 0 unspecified atom stereocenters. The van der Waals surface area contributed by atoms with Crippen molar-refractivity contribution in [2.24, 2.45) is 0 Å². The molecule has 0 atom stereocenters. The molecule has 112 valence electrons. The molecule has 2 aromatic heterocycles. The SMILES string of the molecule is c1ccc(CCc2nc3cc(-c4ccccc4)cnc3[nH]2)cc1. The minimum atomic E-state index is 0.854. The van der Waals surface area contributed by atoms with Crippen LogP contribution in [0.5, 0.6) is 0 Å². The molecule has 0 bridgehead atoms. The summed E-state index contributed by atoms with van der Waals surface area (Å²) in [6.07, 6.45) is 3.77. The lowest BCUT2D eigenvalue weighted by Crippen LogP contribution is -1.92. The summed E-state index contributed by atoms with van der Waals surface area (Å²) in [4.78, 5) is 12.5.